The van der Waals surface area contributed by atoms with Crippen LogP contribution in [0, 0.1) is 0 Å². The molecule has 0 bridgehead atoms. The number of aromatic nitrogens is 1. The minimum Gasteiger partial charge on any atom is -0.379 e. The maximum atomic E-state index is 9.94. The van der Waals surface area contributed by atoms with E-state index in [0.717, 1.165) is 32.6 Å². The molecule has 4 heteroatoms. The normalized spacial score (nSPS) is 15.1. The van der Waals surface area contributed by atoms with Crippen molar-refractivity contribution < 1.29 is 9.53 Å². The lowest BCUT2D eigenvalue weighted by atomic mass is 10.4. The maximum absolute atomic E-state index is 9.94. The van der Waals surface area contributed by atoms with Crippen LogP contribution in [0.4, 0.5) is 0 Å². The van der Waals surface area contributed by atoms with Crippen molar-refractivity contribution in [3.05, 3.63) is 30.1 Å². The van der Waals surface area contributed by atoms with E-state index in [2.05, 4.69) is 10.3 Å². The third kappa shape index (κ3) is 4.69. The minimum absolute atomic E-state index is 0.479. The summed E-state index contributed by atoms with van der Waals surface area (Å²) >= 11 is 0. The second-order valence-corrected chi connectivity index (χ2v) is 2.73. The number of hydrogen-bond acceptors (Lipinski definition) is 4. The number of morpholine rings is 1. The molecule has 1 N–H and O–H groups in total. The predicted molar refractivity (Wildman–Crippen MR) is 53.3 cm³/mol. The van der Waals surface area contributed by atoms with Gasteiger partial charge in [-0.2, -0.15) is 0 Å². The molecule has 0 amide bonds. The Kier molecular flexibility index (Phi) is 5.54. The van der Waals surface area contributed by atoms with Crippen molar-refractivity contribution in [2.24, 2.45) is 0 Å². The molecule has 1 fully saturated rings. The Labute approximate surface area is 83.3 Å². The standard InChI is InChI=1S/C6H5NO.C4H9NO/c8-5-6-3-1-2-4-7-6;1-3-6-4-2-5-1/h1-5H;5H,1-4H2. The average Bonchev–Trinajstić information content (AvgIpc) is 2.33. The van der Waals surface area contributed by atoms with Crippen molar-refractivity contribution in [1.29, 1.82) is 0 Å². The SMILES string of the molecule is C1COCCN1.O=Cc1ccccn1. The Bertz CT molecular complexity index is 236. The lowest BCUT2D eigenvalue weighted by Gasteiger charge is -2.10. The van der Waals surface area contributed by atoms with E-state index in [1.807, 2.05) is 0 Å². The van der Waals surface area contributed by atoms with Gasteiger partial charge in [0.2, 0.25) is 0 Å². The van der Waals surface area contributed by atoms with Crippen molar-refractivity contribution in [2.75, 3.05) is 26.3 Å². The van der Waals surface area contributed by atoms with Gasteiger partial charge in [-0.1, -0.05) is 6.07 Å². The summed E-state index contributed by atoms with van der Waals surface area (Å²) in [5, 5.41) is 3.16. The topological polar surface area (TPSA) is 51.2 Å². The molecule has 2 rings (SSSR count). The number of carbonyl (C=O) groups is 1. The molecular formula is C10H14N2O2. The van der Waals surface area contributed by atoms with E-state index in [1.165, 1.54) is 0 Å². The number of hydrogen-bond donors (Lipinski definition) is 1. The summed E-state index contributed by atoms with van der Waals surface area (Å²) in [5.74, 6) is 0. The molecule has 0 aromatic carbocycles. The van der Waals surface area contributed by atoms with Crippen LogP contribution < -0.4 is 5.32 Å². The molecule has 0 spiro atoms. The molecule has 0 aliphatic carbocycles. The first-order valence-corrected chi connectivity index (χ1v) is 4.58. The zero-order valence-corrected chi connectivity index (χ0v) is 7.98. The fourth-order valence-corrected chi connectivity index (χ4v) is 0.961. The van der Waals surface area contributed by atoms with Crippen molar-refractivity contribution in [3.63, 3.8) is 0 Å². The Balaban J connectivity index is 0.000000146. The molecule has 1 aliphatic heterocycles. The van der Waals surface area contributed by atoms with Gasteiger partial charge in [0.15, 0.2) is 6.29 Å². The Morgan fingerprint density at radius 2 is 2.14 bits per heavy atom. The van der Waals surface area contributed by atoms with Gasteiger partial charge in [0.1, 0.15) is 5.69 Å². The summed E-state index contributed by atoms with van der Waals surface area (Å²) in [4.78, 5) is 13.7. The first-order chi connectivity index (χ1) is 6.93. The Morgan fingerprint density at radius 1 is 1.36 bits per heavy atom. The molecule has 14 heavy (non-hydrogen) atoms. The summed E-state index contributed by atoms with van der Waals surface area (Å²) in [5.41, 5.74) is 0.479. The van der Waals surface area contributed by atoms with Gasteiger partial charge in [0.05, 0.1) is 13.2 Å². The van der Waals surface area contributed by atoms with Gasteiger partial charge in [-0.15, -0.1) is 0 Å². The summed E-state index contributed by atoms with van der Waals surface area (Å²) in [6.45, 7) is 3.83. The van der Waals surface area contributed by atoms with E-state index >= 15 is 0 Å². The van der Waals surface area contributed by atoms with Crippen LogP contribution in [0.1, 0.15) is 10.5 Å². The Hall–Kier alpha value is -1.26. The molecule has 1 aromatic rings. The monoisotopic (exact) mass is 194 g/mol. The molecule has 0 radical (unpaired) electrons. The first kappa shape index (κ1) is 10.8. The van der Waals surface area contributed by atoms with E-state index in [-0.39, 0.29) is 0 Å². The number of ether oxygens (including phenoxy) is 1. The van der Waals surface area contributed by atoms with Crippen LogP contribution >= 0.6 is 0 Å². The molecule has 1 saturated heterocycles. The lowest BCUT2D eigenvalue weighted by Crippen LogP contribution is -2.30. The van der Waals surface area contributed by atoms with Gasteiger partial charge in [0.25, 0.3) is 0 Å². The summed E-state index contributed by atoms with van der Waals surface area (Å²) in [6, 6.07) is 5.21. The molecule has 4 nitrogen and oxygen atoms in total. The second-order valence-electron chi connectivity index (χ2n) is 2.73. The molecule has 0 saturated carbocycles. The van der Waals surface area contributed by atoms with Crippen molar-refractivity contribution >= 4 is 6.29 Å². The van der Waals surface area contributed by atoms with Gasteiger partial charge < -0.3 is 10.1 Å². The lowest BCUT2D eigenvalue weighted by molar-refractivity contribution is 0.109. The molecule has 0 unspecified atom stereocenters. The highest BCUT2D eigenvalue weighted by atomic mass is 16.5. The fraction of sp³-hybridized carbons (Fsp3) is 0.400. The average molecular weight is 194 g/mol. The van der Waals surface area contributed by atoms with Crippen LogP contribution in [0.2, 0.25) is 0 Å². The molecule has 0 atom stereocenters. The summed E-state index contributed by atoms with van der Waals surface area (Å²) in [7, 11) is 0. The summed E-state index contributed by atoms with van der Waals surface area (Å²) in [6.07, 6.45) is 2.31. The van der Waals surface area contributed by atoms with Gasteiger partial charge in [-0.3, -0.25) is 9.78 Å². The third-order valence-corrected chi connectivity index (χ3v) is 1.65. The van der Waals surface area contributed by atoms with Crippen molar-refractivity contribution in [2.45, 2.75) is 0 Å². The molecular weight excluding hydrogens is 180 g/mol. The van der Waals surface area contributed by atoms with Gasteiger partial charge in [0, 0.05) is 19.3 Å². The number of nitrogens with zero attached hydrogens (tertiary/aromatic N) is 1. The zero-order valence-electron chi connectivity index (χ0n) is 7.98. The highest BCUT2D eigenvalue weighted by Crippen LogP contribution is 1.85. The third-order valence-electron chi connectivity index (χ3n) is 1.65. The molecule has 2 heterocycles. The van der Waals surface area contributed by atoms with E-state index in [4.69, 9.17) is 4.74 Å². The molecule has 1 aliphatic rings. The van der Waals surface area contributed by atoms with E-state index in [0.29, 0.717) is 5.69 Å². The number of carbonyl (C=O) groups excluding carboxylic acids is 1. The van der Waals surface area contributed by atoms with Crippen LogP contribution in [0.5, 0.6) is 0 Å². The van der Waals surface area contributed by atoms with Crippen LogP contribution in [-0.2, 0) is 4.74 Å². The zero-order chi connectivity index (χ0) is 10.1. The van der Waals surface area contributed by atoms with E-state index < -0.39 is 0 Å². The quantitative estimate of drug-likeness (QED) is 0.661. The van der Waals surface area contributed by atoms with Crippen LogP contribution in [0.3, 0.4) is 0 Å². The fourth-order valence-electron chi connectivity index (χ4n) is 0.961. The predicted octanol–water partition coefficient (Wildman–Crippen LogP) is 0.500. The van der Waals surface area contributed by atoms with Crippen LogP contribution in [-0.4, -0.2) is 37.6 Å². The van der Waals surface area contributed by atoms with Crippen LogP contribution in [0.15, 0.2) is 24.4 Å². The number of nitrogens with one attached hydrogen (secondary N) is 1. The molecule has 1 aromatic heterocycles. The second kappa shape index (κ2) is 7.17. The van der Waals surface area contributed by atoms with Crippen molar-refractivity contribution in [3.8, 4) is 0 Å². The number of pyridine rings is 1. The highest BCUT2D eigenvalue weighted by Gasteiger charge is 1.92. The largest absolute Gasteiger partial charge is 0.379 e. The molecule has 76 valence electrons. The van der Waals surface area contributed by atoms with Crippen molar-refractivity contribution in [1.82, 2.24) is 10.3 Å². The van der Waals surface area contributed by atoms with E-state index in [9.17, 15) is 4.79 Å². The smallest absolute Gasteiger partial charge is 0.168 e. The first-order valence-electron chi connectivity index (χ1n) is 4.58. The van der Waals surface area contributed by atoms with Crippen LogP contribution in [0.25, 0.3) is 0 Å². The van der Waals surface area contributed by atoms with E-state index in [1.54, 1.807) is 24.4 Å². The summed E-state index contributed by atoms with van der Waals surface area (Å²) < 4.78 is 5.01. The maximum Gasteiger partial charge on any atom is 0.168 e. The minimum atomic E-state index is 0.479. The Morgan fingerprint density at radius 3 is 2.43 bits per heavy atom. The number of aldehydes is 1. The highest BCUT2D eigenvalue weighted by molar-refractivity contribution is 5.71. The van der Waals surface area contributed by atoms with Gasteiger partial charge >= 0.3 is 0 Å². The van der Waals surface area contributed by atoms with Gasteiger partial charge in [-0.25, -0.2) is 0 Å². The number of rotatable bonds is 1. The van der Waals surface area contributed by atoms with Gasteiger partial charge in [-0.05, 0) is 12.1 Å².